The molecule has 59 heavy (non-hydrogen) atoms. The SMILES string of the molecule is CC/C=C\C/C=C\C/C=C\C/C=C\C/C=C\C/C=C\CCCCC(=O)OC(CO)COC(=O)CCCCCCCCCCCCCCCCCCCCCCCCCC. The molecule has 0 aliphatic heterocycles. The first-order valence-corrected chi connectivity index (χ1v) is 25.0. The van der Waals surface area contributed by atoms with E-state index in [-0.39, 0.29) is 25.2 Å². The number of unbranched alkanes of at least 4 members (excludes halogenated alkanes) is 25. The van der Waals surface area contributed by atoms with Crippen LogP contribution in [0.15, 0.2) is 72.9 Å². The van der Waals surface area contributed by atoms with Crippen molar-refractivity contribution in [1.82, 2.24) is 0 Å². The Morgan fingerprint density at radius 3 is 1.10 bits per heavy atom. The van der Waals surface area contributed by atoms with E-state index in [4.69, 9.17) is 9.47 Å². The Kier molecular flexibility index (Phi) is 47.5. The average molecular weight is 823 g/mol. The van der Waals surface area contributed by atoms with Crippen LogP contribution in [0.25, 0.3) is 0 Å². The van der Waals surface area contributed by atoms with Crippen molar-refractivity contribution in [2.24, 2.45) is 0 Å². The summed E-state index contributed by atoms with van der Waals surface area (Å²) < 4.78 is 10.6. The molecule has 0 fully saturated rings. The molecule has 340 valence electrons. The molecule has 0 saturated heterocycles. The fourth-order valence-corrected chi connectivity index (χ4v) is 7.03. The fraction of sp³-hybridized carbons (Fsp3) is 0.741. The summed E-state index contributed by atoms with van der Waals surface area (Å²) in [7, 11) is 0. The van der Waals surface area contributed by atoms with Gasteiger partial charge in [-0.2, -0.15) is 0 Å². The van der Waals surface area contributed by atoms with E-state index < -0.39 is 6.10 Å². The first-order chi connectivity index (χ1) is 29.1. The van der Waals surface area contributed by atoms with Gasteiger partial charge in [-0.3, -0.25) is 9.59 Å². The highest BCUT2D eigenvalue weighted by atomic mass is 16.6. The summed E-state index contributed by atoms with van der Waals surface area (Å²) in [5.74, 6) is -0.637. The lowest BCUT2D eigenvalue weighted by Crippen LogP contribution is -2.28. The van der Waals surface area contributed by atoms with E-state index in [1.807, 2.05) is 0 Å². The molecule has 0 radical (unpaired) electrons. The second-order valence-corrected chi connectivity index (χ2v) is 16.5. The lowest BCUT2D eigenvalue weighted by Gasteiger charge is -2.15. The molecular weight excluding hydrogens is 729 g/mol. The van der Waals surface area contributed by atoms with Gasteiger partial charge in [0.05, 0.1) is 6.61 Å². The molecule has 5 nitrogen and oxygen atoms in total. The van der Waals surface area contributed by atoms with Gasteiger partial charge in [0.2, 0.25) is 0 Å². The summed E-state index contributed by atoms with van der Waals surface area (Å²) in [4.78, 5) is 24.4. The van der Waals surface area contributed by atoms with Crippen molar-refractivity contribution in [3.05, 3.63) is 72.9 Å². The smallest absolute Gasteiger partial charge is 0.306 e. The lowest BCUT2D eigenvalue weighted by atomic mass is 10.0. The number of carbonyl (C=O) groups excluding carboxylic acids is 2. The monoisotopic (exact) mass is 823 g/mol. The molecular formula is C54H94O5. The molecule has 0 aromatic carbocycles. The summed E-state index contributed by atoms with van der Waals surface area (Å²) in [6.45, 7) is 4.01. The Morgan fingerprint density at radius 2 is 0.729 bits per heavy atom. The van der Waals surface area contributed by atoms with Crippen LogP contribution in [0.4, 0.5) is 0 Å². The minimum atomic E-state index is -0.797. The summed E-state index contributed by atoms with van der Waals surface area (Å²) in [5.41, 5.74) is 0. The van der Waals surface area contributed by atoms with Gasteiger partial charge >= 0.3 is 11.9 Å². The van der Waals surface area contributed by atoms with Gasteiger partial charge in [0.15, 0.2) is 6.10 Å². The number of allylic oxidation sites excluding steroid dienone is 12. The van der Waals surface area contributed by atoms with Crippen LogP contribution in [-0.2, 0) is 19.1 Å². The highest BCUT2D eigenvalue weighted by Crippen LogP contribution is 2.16. The molecule has 0 amide bonds. The maximum Gasteiger partial charge on any atom is 0.306 e. The van der Waals surface area contributed by atoms with E-state index >= 15 is 0 Å². The maximum absolute atomic E-state index is 12.2. The maximum atomic E-state index is 12.2. The summed E-state index contributed by atoms with van der Waals surface area (Å²) in [5, 5.41) is 9.61. The molecule has 0 rings (SSSR count). The number of carbonyl (C=O) groups is 2. The normalized spacial score (nSPS) is 12.8. The van der Waals surface area contributed by atoms with Crippen molar-refractivity contribution in [3.8, 4) is 0 Å². The zero-order chi connectivity index (χ0) is 42.8. The number of esters is 2. The van der Waals surface area contributed by atoms with Crippen LogP contribution in [0, 0.1) is 0 Å². The number of aliphatic hydroxyl groups is 1. The number of ether oxygens (including phenoxy) is 2. The van der Waals surface area contributed by atoms with Gasteiger partial charge in [-0.05, 0) is 64.2 Å². The van der Waals surface area contributed by atoms with Crippen molar-refractivity contribution >= 4 is 11.9 Å². The minimum Gasteiger partial charge on any atom is -0.462 e. The predicted molar refractivity (Wildman–Crippen MR) is 256 cm³/mol. The van der Waals surface area contributed by atoms with Gasteiger partial charge in [-0.25, -0.2) is 0 Å². The van der Waals surface area contributed by atoms with Crippen LogP contribution < -0.4 is 0 Å². The first-order valence-electron chi connectivity index (χ1n) is 25.0. The van der Waals surface area contributed by atoms with Gasteiger partial charge in [0, 0.05) is 12.8 Å². The van der Waals surface area contributed by atoms with Crippen molar-refractivity contribution in [3.63, 3.8) is 0 Å². The summed E-state index contributed by atoms with van der Waals surface area (Å²) in [6, 6.07) is 0. The molecule has 5 heteroatoms. The van der Waals surface area contributed by atoms with Gasteiger partial charge in [-0.1, -0.05) is 234 Å². The molecule has 0 bridgehead atoms. The third-order valence-corrected chi connectivity index (χ3v) is 10.8. The van der Waals surface area contributed by atoms with Crippen molar-refractivity contribution in [2.45, 2.75) is 245 Å². The average Bonchev–Trinajstić information content (AvgIpc) is 3.24. The zero-order valence-corrected chi connectivity index (χ0v) is 38.7. The molecule has 0 aromatic heterocycles. The van der Waals surface area contributed by atoms with Crippen LogP contribution in [0.1, 0.15) is 239 Å². The molecule has 0 heterocycles. The van der Waals surface area contributed by atoms with E-state index in [9.17, 15) is 14.7 Å². The molecule has 1 atom stereocenters. The largest absolute Gasteiger partial charge is 0.462 e. The van der Waals surface area contributed by atoms with E-state index in [1.165, 1.54) is 135 Å². The molecule has 1 N–H and O–H groups in total. The number of hydrogen-bond acceptors (Lipinski definition) is 5. The van der Waals surface area contributed by atoms with Gasteiger partial charge < -0.3 is 14.6 Å². The van der Waals surface area contributed by atoms with Crippen molar-refractivity contribution in [1.29, 1.82) is 0 Å². The molecule has 0 aliphatic rings. The summed E-state index contributed by atoms with van der Waals surface area (Å²) in [6.07, 6.45) is 67.1. The molecule has 0 spiro atoms. The Morgan fingerprint density at radius 1 is 0.407 bits per heavy atom. The van der Waals surface area contributed by atoms with Gasteiger partial charge in [0.25, 0.3) is 0 Å². The number of rotatable bonds is 45. The highest BCUT2D eigenvalue weighted by molar-refractivity contribution is 5.70. The van der Waals surface area contributed by atoms with E-state index in [0.717, 1.165) is 77.0 Å². The van der Waals surface area contributed by atoms with Crippen LogP contribution in [0.5, 0.6) is 0 Å². The molecule has 0 saturated carbocycles. The van der Waals surface area contributed by atoms with E-state index in [1.54, 1.807) is 0 Å². The topological polar surface area (TPSA) is 72.8 Å². The van der Waals surface area contributed by atoms with Gasteiger partial charge in [-0.15, -0.1) is 0 Å². The van der Waals surface area contributed by atoms with E-state index in [0.29, 0.717) is 12.8 Å². The Labute approximate surface area is 365 Å². The van der Waals surface area contributed by atoms with Crippen LogP contribution in [-0.4, -0.2) is 36.4 Å². The van der Waals surface area contributed by atoms with Crippen molar-refractivity contribution < 1.29 is 24.2 Å². The van der Waals surface area contributed by atoms with Crippen LogP contribution in [0.3, 0.4) is 0 Å². The van der Waals surface area contributed by atoms with Crippen LogP contribution in [0.2, 0.25) is 0 Å². The van der Waals surface area contributed by atoms with Gasteiger partial charge in [0.1, 0.15) is 6.61 Å². The molecule has 1 unspecified atom stereocenters. The third kappa shape index (κ3) is 47.9. The predicted octanol–water partition coefficient (Wildman–Crippen LogP) is 16.5. The van der Waals surface area contributed by atoms with Crippen LogP contribution >= 0.6 is 0 Å². The second-order valence-electron chi connectivity index (χ2n) is 16.5. The summed E-state index contributed by atoms with van der Waals surface area (Å²) >= 11 is 0. The second kappa shape index (κ2) is 49.7. The Hall–Kier alpha value is -2.66. The quantitative estimate of drug-likeness (QED) is 0.0376. The Balaban J connectivity index is 3.56. The highest BCUT2D eigenvalue weighted by Gasteiger charge is 2.16. The number of hydrogen-bond donors (Lipinski definition) is 1. The molecule has 0 aliphatic carbocycles. The number of aliphatic hydroxyl groups excluding tert-OH is 1. The minimum absolute atomic E-state index is 0.0843. The van der Waals surface area contributed by atoms with Crippen molar-refractivity contribution in [2.75, 3.05) is 13.2 Å². The molecule has 0 aromatic rings. The fourth-order valence-electron chi connectivity index (χ4n) is 7.03. The first kappa shape index (κ1) is 56.3. The lowest BCUT2D eigenvalue weighted by molar-refractivity contribution is -0.161. The van der Waals surface area contributed by atoms with E-state index in [2.05, 4.69) is 86.8 Å². The standard InChI is InChI=1S/C54H94O5/c1-3-5-7-9-11-13-15-17-19-21-23-25-26-27-29-30-32-34-36-38-40-42-44-46-48-53(56)58-51-52(50-55)59-54(57)49-47-45-43-41-39-37-35-33-31-28-24-22-20-18-16-14-12-10-8-6-4-2/h6,8,12,14,18,20,24,28,33,35,39,41,52,55H,3-5,7,9-11,13,15-17,19,21-23,25-27,29-32,34,36-38,40,42-51H2,1-2H3/b8-6-,14-12-,20-18-,28-24-,35-33-,41-39-. The Bertz CT molecular complexity index is 1070. The zero-order valence-electron chi connectivity index (χ0n) is 38.7. The third-order valence-electron chi connectivity index (χ3n) is 10.8.